The number of hydrogen-bond acceptors (Lipinski definition) is 3. The highest BCUT2D eigenvalue weighted by atomic mass is 32.2. The number of hydrogen-bond donors (Lipinski definition) is 2. The molecule has 1 aliphatic rings. The van der Waals surface area contributed by atoms with Gasteiger partial charge in [-0.3, -0.25) is 9.69 Å². The van der Waals surface area contributed by atoms with Gasteiger partial charge in [-0.05, 0) is 36.4 Å². The molecule has 3 rings (SSSR count). The Balaban J connectivity index is 1.53. The van der Waals surface area contributed by atoms with E-state index in [9.17, 15) is 9.59 Å². The highest BCUT2D eigenvalue weighted by Gasteiger charge is 2.20. The molecule has 0 spiro atoms. The summed E-state index contributed by atoms with van der Waals surface area (Å²) in [7, 11) is 0. The Morgan fingerprint density at radius 1 is 1.13 bits per heavy atom. The molecule has 2 N–H and O–H groups in total. The number of carbonyl (C=O) groups is 2. The normalized spacial score (nSPS) is 13.7. The second-order valence-electron chi connectivity index (χ2n) is 5.08. The van der Waals surface area contributed by atoms with Crippen LogP contribution < -0.4 is 15.5 Å². The molecule has 0 aliphatic carbocycles. The van der Waals surface area contributed by atoms with Gasteiger partial charge in [0, 0.05) is 29.4 Å². The van der Waals surface area contributed by atoms with Gasteiger partial charge in [-0.1, -0.05) is 18.2 Å². The van der Waals surface area contributed by atoms with E-state index in [1.807, 2.05) is 54.6 Å². The summed E-state index contributed by atoms with van der Waals surface area (Å²) in [6.45, 7) is 1.33. The SMILES string of the molecule is O=C(CSc1ccccc1)Nc1ccc(N2CCNC2=O)cc1. The van der Waals surface area contributed by atoms with Gasteiger partial charge in [-0.2, -0.15) is 0 Å². The standard InChI is InChI=1S/C17H17N3O2S/c21-16(12-23-15-4-2-1-3-5-15)19-13-6-8-14(9-7-13)20-11-10-18-17(20)22/h1-9H,10-12H2,(H,18,22)(H,19,21). The van der Waals surface area contributed by atoms with E-state index < -0.39 is 0 Å². The first-order valence-electron chi connectivity index (χ1n) is 7.35. The maximum absolute atomic E-state index is 12.0. The summed E-state index contributed by atoms with van der Waals surface area (Å²) in [5, 5.41) is 5.62. The van der Waals surface area contributed by atoms with Gasteiger partial charge >= 0.3 is 6.03 Å². The fraction of sp³-hybridized carbons (Fsp3) is 0.176. The Bertz CT molecular complexity index is 689. The first kappa shape index (κ1) is 15.4. The molecule has 0 radical (unpaired) electrons. The van der Waals surface area contributed by atoms with Gasteiger partial charge in [0.15, 0.2) is 0 Å². The number of nitrogens with one attached hydrogen (secondary N) is 2. The molecular formula is C17H17N3O2S. The number of amides is 3. The van der Waals surface area contributed by atoms with Crippen LogP contribution in [0.5, 0.6) is 0 Å². The molecule has 6 heteroatoms. The molecule has 3 amide bonds. The summed E-state index contributed by atoms with van der Waals surface area (Å²) < 4.78 is 0. The van der Waals surface area contributed by atoms with Crippen LogP contribution in [-0.2, 0) is 4.79 Å². The van der Waals surface area contributed by atoms with Crippen molar-refractivity contribution in [1.82, 2.24) is 5.32 Å². The Labute approximate surface area is 139 Å². The lowest BCUT2D eigenvalue weighted by molar-refractivity contribution is -0.113. The fourth-order valence-electron chi connectivity index (χ4n) is 2.31. The van der Waals surface area contributed by atoms with E-state index in [4.69, 9.17) is 0 Å². The fourth-order valence-corrected chi connectivity index (χ4v) is 3.02. The van der Waals surface area contributed by atoms with Crippen molar-refractivity contribution in [2.75, 3.05) is 29.1 Å². The Kier molecular flexibility index (Phi) is 4.83. The molecule has 0 bridgehead atoms. The third kappa shape index (κ3) is 4.04. The molecule has 2 aromatic rings. The van der Waals surface area contributed by atoms with Gasteiger partial charge in [0.25, 0.3) is 0 Å². The van der Waals surface area contributed by atoms with Gasteiger partial charge in [0.2, 0.25) is 5.91 Å². The third-order valence-electron chi connectivity index (χ3n) is 3.43. The van der Waals surface area contributed by atoms with Crippen molar-refractivity contribution in [3.05, 3.63) is 54.6 Å². The van der Waals surface area contributed by atoms with E-state index in [1.165, 1.54) is 11.8 Å². The van der Waals surface area contributed by atoms with Crippen LogP contribution in [0.4, 0.5) is 16.2 Å². The van der Waals surface area contributed by atoms with E-state index in [-0.39, 0.29) is 11.9 Å². The molecule has 0 aromatic heterocycles. The van der Waals surface area contributed by atoms with E-state index >= 15 is 0 Å². The maximum atomic E-state index is 12.0. The van der Waals surface area contributed by atoms with Crippen LogP contribution in [0, 0.1) is 0 Å². The zero-order valence-corrected chi connectivity index (χ0v) is 13.3. The monoisotopic (exact) mass is 327 g/mol. The molecule has 0 saturated carbocycles. The van der Waals surface area contributed by atoms with Crippen LogP contribution in [0.1, 0.15) is 0 Å². The quantitative estimate of drug-likeness (QED) is 0.830. The molecular weight excluding hydrogens is 310 g/mol. The Morgan fingerprint density at radius 2 is 1.87 bits per heavy atom. The van der Waals surface area contributed by atoms with Crippen LogP contribution in [0.2, 0.25) is 0 Å². The number of nitrogens with zero attached hydrogens (tertiary/aromatic N) is 1. The summed E-state index contributed by atoms with van der Waals surface area (Å²) in [5.74, 6) is 0.311. The summed E-state index contributed by atoms with van der Waals surface area (Å²) >= 11 is 1.50. The average molecular weight is 327 g/mol. The van der Waals surface area contributed by atoms with E-state index in [1.54, 1.807) is 4.90 Å². The minimum absolute atomic E-state index is 0.0504. The largest absolute Gasteiger partial charge is 0.336 e. The molecule has 1 aliphatic heterocycles. The molecule has 1 saturated heterocycles. The van der Waals surface area contributed by atoms with E-state index in [0.717, 1.165) is 16.3 Å². The van der Waals surface area contributed by atoms with Crippen molar-refractivity contribution >= 4 is 35.1 Å². The summed E-state index contributed by atoms with van der Waals surface area (Å²) in [6.07, 6.45) is 0. The van der Waals surface area contributed by atoms with E-state index in [0.29, 0.717) is 18.8 Å². The van der Waals surface area contributed by atoms with E-state index in [2.05, 4.69) is 10.6 Å². The minimum atomic E-state index is -0.0824. The zero-order valence-electron chi connectivity index (χ0n) is 12.5. The van der Waals surface area contributed by atoms with Crippen molar-refractivity contribution in [1.29, 1.82) is 0 Å². The van der Waals surface area contributed by atoms with Crippen molar-refractivity contribution in [2.45, 2.75) is 4.90 Å². The van der Waals surface area contributed by atoms with Crippen molar-refractivity contribution < 1.29 is 9.59 Å². The summed E-state index contributed by atoms with van der Waals surface area (Å²) in [6, 6.07) is 17.0. The van der Waals surface area contributed by atoms with Gasteiger partial charge in [0.1, 0.15) is 0 Å². The van der Waals surface area contributed by atoms with Gasteiger partial charge in [0.05, 0.1) is 5.75 Å². The minimum Gasteiger partial charge on any atom is -0.336 e. The van der Waals surface area contributed by atoms with Crippen LogP contribution in [0.15, 0.2) is 59.5 Å². The predicted octanol–water partition coefficient (Wildman–Crippen LogP) is 2.95. The predicted molar refractivity (Wildman–Crippen MR) is 93.0 cm³/mol. The summed E-state index contributed by atoms with van der Waals surface area (Å²) in [4.78, 5) is 26.3. The molecule has 0 unspecified atom stereocenters. The van der Waals surface area contributed by atoms with Crippen molar-refractivity contribution in [3.8, 4) is 0 Å². The van der Waals surface area contributed by atoms with Gasteiger partial charge in [-0.15, -0.1) is 11.8 Å². The third-order valence-corrected chi connectivity index (χ3v) is 4.44. The summed E-state index contributed by atoms with van der Waals surface area (Å²) in [5.41, 5.74) is 1.56. The highest BCUT2D eigenvalue weighted by molar-refractivity contribution is 8.00. The average Bonchev–Trinajstić information content (AvgIpc) is 3.01. The Hall–Kier alpha value is -2.47. The lowest BCUT2D eigenvalue weighted by atomic mass is 10.2. The molecule has 2 aromatic carbocycles. The topological polar surface area (TPSA) is 61.4 Å². The molecule has 118 valence electrons. The van der Waals surface area contributed by atoms with Crippen LogP contribution in [0.25, 0.3) is 0 Å². The van der Waals surface area contributed by atoms with Gasteiger partial charge in [-0.25, -0.2) is 4.79 Å². The highest BCUT2D eigenvalue weighted by Crippen LogP contribution is 2.21. The molecule has 23 heavy (non-hydrogen) atoms. The van der Waals surface area contributed by atoms with Crippen molar-refractivity contribution in [3.63, 3.8) is 0 Å². The second-order valence-corrected chi connectivity index (χ2v) is 6.13. The van der Waals surface area contributed by atoms with Crippen LogP contribution in [0.3, 0.4) is 0 Å². The molecule has 1 heterocycles. The number of rotatable bonds is 5. The number of benzene rings is 2. The molecule has 5 nitrogen and oxygen atoms in total. The Morgan fingerprint density at radius 3 is 2.52 bits per heavy atom. The number of anilines is 2. The lowest BCUT2D eigenvalue weighted by Crippen LogP contribution is -2.27. The van der Waals surface area contributed by atoms with Crippen LogP contribution in [-0.4, -0.2) is 30.8 Å². The zero-order chi connectivity index (χ0) is 16.1. The van der Waals surface area contributed by atoms with Gasteiger partial charge < -0.3 is 10.6 Å². The number of carbonyl (C=O) groups excluding carboxylic acids is 2. The molecule has 1 fully saturated rings. The number of thioether (sulfide) groups is 1. The maximum Gasteiger partial charge on any atom is 0.321 e. The second kappa shape index (κ2) is 7.19. The molecule has 0 atom stereocenters. The number of urea groups is 1. The smallest absolute Gasteiger partial charge is 0.321 e. The van der Waals surface area contributed by atoms with Crippen molar-refractivity contribution in [2.24, 2.45) is 0 Å². The first-order valence-corrected chi connectivity index (χ1v) is 8.34. The lowest BCUT2D eigenvalue weighted by Gasteiger charge is -2.14. The van der Waals surface area contributed by atoms with Crippen LogP contribution >= 0.6 is 11.8 Å². The first-order chi connectivity index (χ1) is 11.2.